The second-order valence-electron chi connectivity index (χ2n) is 5.29. The van der Waals surface area contributed by atoms with Crippen LogP contribution in [-0.4, -0.2) is 23.5 Å². The Morgan fingerprint density at radius 2 is 1.76 bits per heavy atom. The summed E-state index contributed by atoms with van der Waals surface area (Å²) in [5.74, 6) is -1.15. The summed E-state index contributed by atoms with van der Waals surface area (Å²) in [5.41, 5.74) is 0.771. The zero-order valence-electron chi connectivity index (χ0n) is 12.2. The molecule has 0 saturated heterocycles. The van der Waals surface area contributed by atoms with Gasteiger partial charge in [0.15, 0.2) is 0 Å². The molecule has 2 aromatic rings. The lowest BCUT2D eigenvalue weighted by Gasteiger charge is -2.25. The van der Waals surface area contributed by atoms with E-state index in [1.54, 1.807) is 4.90 Å². The first-order valence-electron chi connectivity index (χ1n) is 7.01. The highest BCUT2D eigenvalue weighted by atomic mass is 16.4. The Labute approximate surface area is 124 Å². The predicted octanol–water partition coefficient (Wildman–Crippen LogP) is 3.30. The van der Waals surface area contributed by atoms with Crippen LogP contribution in [0.3, 0.4) is 0 Å². The average molecular weight is 285 g/mol. The number of fused-ring (bicyclic) bond motifs is 1. The van der Waals surface area contributed by atoms with Crippen LogP contribution in [-0.2, 0) is 9.59 Å². The molecule has 0 spiro atoms. The normalized spacial score (nSPS) is 10.8. The summed E-state index contributed by atoms with van der Waals surface area (Å²) in [5, 5.41) is 10.9. The number of carbonyl (C=O) groups is 2. The lowest BCUT2D eigenvalue weighted by Crippen LogP contribution is -2.36. The van der Waals surface area contributed by atoms with Crippen molar-refractivity contribution >= 4 is 28.3 Å². The van der Waals surface area contributed by atoms with Crippen LogP contribution in [0.15, 0.2) is 42.5 Å². The van der Waals surface area contributed by atoms with Crippen LogP contribution in [0.1, 0.15) is 20.3 Å². The number of amides is 1. The number of carboxylic acids is 1. The second kappa shape index (κ2) is 6.39. The van der Waals surface area contributed by atoms with E-state index in [0.29, 0.717) is 0 Å². The van der Waals surface area contributed by atoms with Crippen molar-refractivity contribution in [2.45, 2.75) is 20.3 Å². The molecule has 1 amide bonds. The van der Waals surface area contributed by atoms with Gasteiger partial charge in [0.05, 0.1) is 12.1 Å². The first-order valence-corrected chi connectivity index (χ1v) is 7.01. The van der Waals surface area contributed by atoms with E-state index in [2.05, 4.69) is 0 Å². The van der Waals surface area contributed by atoms with Crippen molar-refractivity contribution in [3.05, 3.63) is 42.5 Å². The zero-order chi connectivity index (χ0) is 15.4. The van der Waals surface area contributed by atoms with Crippen molar-refractivity contribution in [1.29, 1.82) is 0 Å². The number of nitrogens with zero attached hydrogens (tertiary/aromatic N) is 1. The van der Waals surface area contributed by atoms with Gasteiger partial charge in [-0.25, -0.2) is 0 Å². The summed E-state index contributed by atoms with van der Waals surface area (Å²) < 4.78 is 0. The van der Waals surface area contributed by atoms with Gasteiger partial charge in [-0.05, 0) is 11.5 Å². The Bertz CT molecular complexity index is 659. The molecular formula is C17H19NO3. The van der Waals surface area contributed by atoms with E-state index in [1.807, 2.05) is 56.3 Å². The third-order valence-electron chi connectivity index (χ3n) is 3.37. The summed E-state index contributed by atoms with van der Waals surface area (Å²) in [4.78, 5) is 24.9. The van der Waals surface area contributed by atoms with Gasteiger partial charge in [0.1, 0.15) is 0 Å². The van der Waals surface area contributed by atoms with Gasteiger partial charge in [0.25, 0.3) is 0 Å². The van der Waals surface area contributed by atoms with E-state index in [9.17, 15) is 9.59 Å². The minimum absolute atomic E-state index is 0.0624. The third-order valence-corrected chi connectivity index (χ3v) is 3.37. The number of rotatable bonds is 5. The molecule has 0 bridgehead atoms. The van der Waals surface area contributed by atoms with Crippen LogP contribution in [0.2, 0.25) is 0 Å². The maximum Gasteiger partial charge on any atom is 0.305 e. The summed E-state index contributed by atoms with van der Waals surface area (Å²) in [7, 11) is 0. The van der Waals surface area contributed by atoms with Gasteiger partial charge < -0.3 is 10.0 Å². The Kier molecular flexibility index (Phi) is 4.58. The molecule has 0 saturated carbocycles. The summed E-state index contributed by atoms with van der Waals surface area (Å²) in [6.07, 6.45) is -0.0678. The molecule has 0 unspecified atom stereocenters. The minimum atomic E-state index is -0.906. The van der Waals surface area contributed by atoms with Crippen LogP contribution in [0.5, 0.6) is 0 Å². The number of aliphatic carboxylic acids is 1. The fraction of sp³-hybridized carbons (Fsp3) is 0.294. The first-order chi connectivity index (χ1) is 10.0. The molecule has 0 fully saturated rings. The highest BCUT2D eigenvalue weighted by molar-refractivity contribution is 6.04. The highest BCUT2D eigenvalue weighted by Crippen LogP contribution is 2.28. The molecule has 4 nitrogen and oxygen atoms in total. The van der Waals surface area contributed by atoms with Gasteiger partial charge in [-0.3, -0.25) is 9.59 Å². The lowest BCUT2D eigenvalue weighted by atomic mass is 10.1. The van der Waals surface area contributed by atoms with Gasteiger partial charge >= 0.3 is 5.97 Å². The quantitative estimate of drug-likeness (QED) is 0.917. The fourth-order valence-corrected chi connectivity index (χ4v) is 2.31. The van der Waals surface area contributed by atoms with Gasteiger partial charge in [-0.2, -0.15) is 0 Å². The topological polar surface area (TPSA) is 57.6 Å². The largest absolute Gasteiger partial charge is 0.481 e. The Hall–Kier alpha value is -2.36. The number of benzene rings is 2. The molecule has 21 heavy (non-hydrogen) atoms. The number of carboxylic acid groups (broad SMARTS) is 1. The molecule has 0 aromatic heterocycles. The van der Waals surface area contributed by atoms with Crippen molar-refractivity contribution in [1.82, 2.24) is 0 Å². The Morgan fingerprint density at radius 1 is 1.10 bits per heavy atom. The number of carbonyl (C=O) groups excluding carboxylic acids is 1. The van der Waals surface area contributed by atoms with Crippen LogP contribution in [0.25, 0.3) is 10.8 Å². The van der Waals surface area contributed by atoms with Gasteiger partial charge in [0.2, 0.25) is 5.91 Å². The predicted molar refractivity (Wildman–Crippen MR) is 83.4 cm³/mol. The molecule has 0 atom stereocenters. The van der Waals surface area contributed by atoms with Crippen molar-refractivity contribution < 1.29 is 14.7 Å². The highest BCUT2D eigenvalue weighted by Gasteiger charge is 2.21. The molecule has 0 aliphatic heterocycles. The van der Waals surface area contributed by atoms with Crippen molar-refractivity contribution in [3.8, 4) is 0 Å². The molecule has 2 rings (SSSR count). The zero-order valence-corrected chi connectivity index (χ0v) is 12.2. The molecule has 0 aliphatic carbocycles. The van der Waals surface area contributed by atoms with Crippen LogP contribution >= 0.6 is 0 Å². The molecule has 0 aliphatic rings. The van der Waals surface area contributed by atoms with Gasteiger partial charge in [0, 0.05) is 17.8 Å². The average Bonchev–Trinajstić information content (AvgIpc) is 2.47. The second-order valence-corrected chi connectivity index (χ2v) is 5.29. The number of anilines is 1. The molecular weight excluding hydrogens is 266 g/mol. The standard InChI is InChI=1S/C17H19NO3/c1-12(2)17(21)18(11-10-16(19)20)15-9-5-7-13-6-3-4-8-14(13)15/h3-9,12H,10-11H2,1-2H3,(H,19,20). The van der Waals surface area contributed by atoms with Crippen molar-refractivity contribution in [2.75, 3.05) is 11.4 Å². The summed E-state index contributed by atoms with van der Waals surface area (Å²) >= 11 is 0. The maximum atomic E-state index is 12.4. The van der Waals surface area contributed by atoms with Crippen molar-refractivity contribution in [3.63, 3.8) is 0 Å². The lowest BCUT2D eigenvalue weighted by molar-refractivity contribution is -0.136. The van der Waals surface area contributed by atoms with E-state index in [-0.39, 0.29) is 24.8 Å². The monoisotopic (exact) mass is 285 g/mol. The van der Waals surface area contributed by atoms with E-state index in [0.717, 1.165) is 16.5 Å². The minimum Gasteiger partial charge on any atom is -0.481 e. The molecule has 0 heterocycles. The summed E-state index contributed by atoms with van der Waals surface area (Å²) in [6.45, 7) is 3.82. The molecule has 4 heteroatoms. The molecule has 0 radical (unpaired) electrons. The molecule has 1 N–H and O–H groups in total. The smallest absolute Gasteiger partial charge is 0.305 e. The Morgan fingerprint density at radius 3 is 2.43 bits per heavy atom. The number of hydrogen-bond donors (Lipinski definition) is 1. The molecule has 110 valence electrons. The van der Waals surface area contributed by atoms with Gasteiger partial charge in [-0.1, -0.05) is 50.2 Å². The fourth-order valence-electron chi connectivity index (χ4n) is 2.31. The van der Waals surface area contributed by atoms with E-state index < -0.39 is 5.97 Å². The van der Waals surface area contributed by atoms with Crippen LogP contribution < -0.4 is 4.90 Å². The molecule has 2 aromatic carbocycles. The van der Waals surface area contributed by atoms with E-state index in [4.69, 9.17) is 5.11 Å². The van der Waals surface area contributed by atoms with Crippen molar-refractivity contribution in [2.24, 2.45) is 5.92 Å². The van der Waals surface area contributed by atoms with E-state index in [1.165, 1.54) is 0 Å². The van der Waals surface area contributed by atoms with Crippen LogP contribution in [0.4, 0.5) is 5.69 Å². The third kappa shape index (κ3) is 3.40. The maximum absolute atomic E-state index is 12.4. The Balaban J connectivity index is 2.47. The first kappa shape index (κ1) is 15.0. The number of hydrogen-bond acceptors (Lipinski definition) is 2. The van der Waals surface area contributed by atoms with Gasteiger partial charge in [-0.15, -0.1) is 0 Å². The summed E-state index contributed by atoms with van der Waals surface area (Å²) in [6, 6.07) is 13.5. The SMILES string of the molecule is CC(C)C(=O)N(CCC(=O)O)c1cccc2ccccc12. The van der Waals surface area contributed by atoms with E-state index >= 15 is 0 Å². The van der Waals surface area contributed by atoms with Crippen LogP contribution in [0, 0.1) is 5.92 Å².